The van der Waals surface area contributed by atoms with E-state index in [9.17, 15) is 0 Å². The third kappa shape index (κ3) is 3.82. The van der Waals surface area contributed by atoms with Crippen LogP contribution in [0.3, 0.4) is 0 Å². The Hall–Kier alpha value is -0.870. The van der Waals surface area contributed by atoms with Gasteiger partial charge < -0.3 is 14.5 Å². The van der Waals surface area contributed by atoms with Crippen molar-refractivity contribution in [3.63, 3.8) is 0 Å². The summed E-state index contributed by atoms with van der Waals surface area (Å²) >= 11 is 0. The van der Waals surface area contributed by atoms with E-state index in [1.54, 1.807) is 0 Å². The van der Waals surface area contributed by atoms with Gasteiger partial charge in [-0.25, -0.2) is 4.98 Å². The average molecular weight is 252 g/mol. The van der Waals surface area contributed by atoms with E-state index in [0.29, 0.717) is 12.1 Å². The fourth-order valence-electron chi connectivity index (χ4n) is 2.41. The highest BCUT2D eigenvalue weighted by molar-refractivity contribution is 4.93. The van der Waals surface area contributed by atoms with Crippen molar-refractivity contribution in [3.8, 4) is 0 Å². The van der Waals surface area contributed by atoms with Gasteiger partial charge in [0.25, 0.3) is 0 Å². The Balaban J connectivity index is 1.75. The van der Waals surface area contributed by atoms with Gasteiger partial charge in [0.2, 0.25) is 5.89 Å². The number of hydrogen-bond acceptors (Lipinski definition) is 4. The van der Waals surface area contributed by atoms with E-state index < -0.39 is 0 Å². The van der Waals surface area contributed by atoms with Crippen LogP contribution >= 0.6 is 0 Å². The van der Waals surface area contributed by atoms with Gasteiger partial charge in [-0.1, -0.05) is 20.3 Å². The average Bonchev–Trinajstić information content (AvgIpc) is 2.85. The van der Waals surface area contributed by atoms with Gasteiger partial charge in [-0.2, -0.15) is 0 Å². The van der Waals surface area contributed by atoms with Crippen LogP contribution in [0.4, 0.5) is 0 Å². The Kier molecular flexibility index (Phi) is 5.20. The minimum absolute atomic E-state index is 0.428. The largest absolute Gasteiger partial charge is 0.444 e. The van der Waals surface area contributed by atoms with E-state index in [1.165, 1.54) is 6.42 Å². The van der Waals surface area contributed by atoms with Crippen molar-refractivity contribution in [1.29, 1.82) is 0 Å². The lowest BCUT2D eigenvalue weighted by atomic mass is 10.0. The highest BCUT2D eigenvalue weighted by Gasteiger charge is 2.21. The lowest BCUT2D eigenvalue weighted by molar-refractivity contribution is -0.00376. The van der Waals surface area contributed by atoms with Gasteiger partial charge in [0.1, 0.15) is 5.76 Å². The van der Waals surface area contributed by atoms with Gasteiger partial charge in [0, 0.05) is 19.1 Å². The minimum atomic E-state index is 0.428. The van der Waals surface area contributed by atoms with Crippen LogP contribution in [0, 0.1) is 0 Å². The van der Waals surface area contributed by atoms with Gasteiger partial charge in [-0.05, 0) is 19.3 Å². The second-order valence-electron chi connectivity index (χ2n) is 4.96. The SMILES string of the molecule is CCCC1CC(NCc2ncc(CC)o2)CCO1. The molecule has 1 saturated heterocycles. The monoisotopic (exact) mass is 252 g/mol. The van der Waals surface area contributed by atoms with E-state index in [2.05, 4.69) is 24.1 Å². The van der Waals surface area contributed by atoms with E-state index in [-0.39, 0.29) is 0 Å². The lowest BCUT2D eigenvalue weighted by Gasteiger charge is -2.29. The van der Waals surface area contributed by atoms with Gasteiger partial charge in [0.05, 0.1) is 18.8 Å². The van der Waals surface area contributed by atoms with Crippen LogP contribution in [0.5, 0.6) is 0 Å². The van der Waals surface area contributed by atoms with Crippen molar-refractivity contribution in [2.45, 2.75) is 64.6 Å². The molecular weight excluding hydrogens is 228 g/mol. The van der Waals surface area contributed by atoms with Crippen molar-refractivity contribution in [1.82, 2.24) is 10.3 Å². The fourth-order valence-corrected chi connectivity index (χ4v) is 2.41. The fraction of sp³-hybridized carbons (Fsp3) is 0.786. The number of ether oxygens (including phenoxy) is 1. The summed E-state index contributed by atoms with van der Waals surface area (Å²) in [7, 11) is 0. The van der Waals surface area contributed by atoms with E-state index >= 15 is 0 Å². The highest BCUT2D eigenvalue weighted by atomic mass is 16.5. The molecular formula is C14H24N2O2. The molecule has 0 saturated carbocycles. The normalized spacial score (nSPS) is 24.3. The maximum atomic E-state index is 5.74. The Morgan fingerprint density at radius 1 is 1.44 bits per heavy atom. The summed E-state index contributed by atoms with van der Waals surface area (Å²) in [6.45, 7) is 5.88. The summed E-state index contributed by atoms with van der Waals surface area (Å²) in [4.78, 5) is 4.27. The minimum Gasteiger partial charge on any atom is -0.444 e. The van der Waals surface area contributed by atoms with Crippen molar-refractivity contribution < 1.29 is 9.15 Å². The number of nitrogens with one attached hydrogen (secondary N) is 1. The van der Waals surface area contributed by atoms with Crippen LogP contribution in [0.2, 0.25) is 0 Å². The zero-order chi connectivity index (χ0) is 12.8. The van der Waals surface area contributed by atoms with Crippen LogP contribution < -0.4 is 5.32 Å². The molecule has 4 heteroatoms. The van der Waals surface area contributed by atoms with Crippen molar-refractivity contribution in [3.05, 3.63) is 17.8 Å². The van der Waals surface area contributed by atoms with Crippen molar-refractivity contribution >= 4 is 0 Å². The zero-order valence-electron chi connectivity index (χ0n) is 11.4. The van der Waals surface area contributed by atoms with Gasteiger partial charge >= 0.3 is 0 Å². The second-order valence-corrected chi connectivity index (χ2v) is 4.96. The Morgan fingerprint density at radius 3 is 3.06 bits per heavy atom. The molecule has 4 nitrogen and oxygen atoms in total. The molecule has 2 atom stereocenters. The van der Waals surface area contributed by atoms with Crippen molar-refractivity contribution in [2.75, 3.05) is 6.61 Å². The first-order valence-electron chi connectivity index (χ1n) is 7.10. The number of hydrogen-bond donors (Lipinski definition) is 1. The molecule has 1 aromatic heterocycles. The van der Waals surface area contributed by atoms with Gasteiger partial charge in [-0.15, -0.1) is 0 Å². The topological polar surface area (TPSA) is 47.3 Å². The molecule has 2 rings (SSSR count). The summed E-state index contributed by atoms with van der Waals surface area (Å²) in [5.74, 6) is 1.76. The predicted octanol–water partition coefficient (Wildman–Crippen LogP) is 2.67. The first-order chi connectivity index (χ1) is 8.81. The van der Waals surface area contributed by atoms with Gasteiger partial charge in [0.15, 0.2) is 0 Å². The van der Waals surface area contributed by atoms with Crippen LogP contribution in [0.15, 0.2) is 10.6 Å². The predicted molar refractivity (Wildman–Crippen MR) is 70.4 cm³/mol. The Labute approximate surface area is 109 Å². The Morgan fingerprint density at radius 2 is 2.33 bits per heavy atom. The van der Waals surface area contributed by atoms with Crippen molar-refractivity contribution in [2.24, 2.45) is 0 Å². The maximum Gasteiger partial charge on any atom is 0.208 e. The zero-order valence-corrected chi connectivity index (χ0v) is 11.4. The molecule has 0 bridgehead atoms. The molecule has 1 fully saturated rings. The van der Waals surface area contributed by atoms with Crippen LogP contribution in [0.25, 0.3) is 0 Å². The smallest absolute Gasteiger partial charge is 0.208 e. The summed E-state index contributed by atoms with van der Waals surface area (Å²) in [5, 5.41) is 3.53. The third-order valence-electron chi connectivity index (χ3n) is 3.47. The molecule has 0 aromatic carbocycles. The third-order valence-corrected chi connectivity index (χ3v) is 3.47. The molecule has 1 aromatic rings. The summed E-state index contributed by atoms with van der Waals surface area (Å²) in [6, 6.07) is 0.535. The first-order valence-corrected chi connectivity index (χ1v) is 7.10. The molecule has 18 heavy (non-hydrogen) atoms. The quantitative estimate of drug-likeness (QED) is 0.845. The number of nitrogens with zero attached hydrogens (tertiary/aromatic N) is 1. The second kappa shape index (κ2) is 6.90. The number of rotatable bonds is 6. The molecule has 1 aliphatic rings. The van der Waals surface area contributed by atoms with E-state index in [1.807, 2.05) is 6.20 Å². The Bertz CT molecular complexity index is 349. The number of aryl methyl sites for hydroxylation is 1. The van der Waals surface area contributed by atoms with E-state index in [4.69, 9.17) is 9.15 Å². The molecule has 102 valence electrons. The molecule has 0 radical (unpaired) electrons. The molecule has 0 spiro atoms. The molecule has 1 N–H and O–H groups in total. The summed E-state index contributed by atoms with van der Waals surface area (Å²) in [6.07, 6.45) is 7.70. The number of aromatic nitrogens is 1. The summed E-state index contributed by atoms with van der Waals surface area (Å²) < 4.78 is 11.3. The molecule has 2 heterocycles. The highest BCUT2D eigenvalue weighted by Crippen LogP contribution is 2.18. The van der Waals surface area contributed by atoms with Crippen LogP contribution in [-0.2, 0) is 17.7 Å². The number of oxazole rings is 1. The first kappa shape index (κ1) is 13.6. The maximum absolute atomic E-state index is 5.74. The molecule has 0 amide bonds. The molecule has 0 aliphatic carbocycles. The van der Waals surface area contributed by atoms with E-state index in [0.717, 1.165) is 50.5 Å². The lowest BCUT2D eigenvalue weighted by Crippen LogP contribution is -2.38. The van der Waals surface area contributed by atoms with Gasteiger partial charge in [-0.3, -0.25) is 0 Å². The van der Waals surface area contributed by atoms with Crippen LogP contribution in [-0.4, -0.2) is 23.7 Å². The standard InChI is InChI=1S/C14H24N2O2/c1-3-5-13-8-11(6-7-17-13)15-10-14-16-9-12(4-2)18-14/h9,11,13,15H,3-8,10H2,1-2H3. The van der Waals surface area contributed by atoms with Crippen LogP contribution in [0.1, 0.15) is 51.2 Å². The molecule has 2 unspecified atom stereocenters. The summed E-state index contributed by atoms with van der Waals surface area (Å²) in [5.41, 5.74) is 0. The molecule has 1 aliphatic heterocycles.